The second-order valence-electron chi connectivity index (χ2n) is 5.87. The second-order valence-corrected chi connectivity index (χ2v) is 5.87. The normalized spacial score (nSPS) is 15.0. The van der Waals surface area contributed by atoms with Crippen LogP contribution in [0.3, 0.4) is 0 Å². The van der Waals surface area contributed by atoms with Crippen LogP contribution in [0, 0.1) is 0 Å². The van der Waals surface area contributed by atoms with Crippen LogP contribution in [0.4, 0.5) is 5.69 Å². The molecule has 0 aliphatic carbocycles. The Morgan fingerprint density at radius 2 is 1.62 bits per heavy atom. The second kappa shape index (κ2) is 8.47. The van der Waals surface area contributed by atoms with Gasteiger partial charge in [-0.25, -0.2) is 0 Å². The molecule has 1 heterocycles. The van der Waals surface area contributed by atoms with Crippen molar-refractivity contribution in [3.8, 4) is 0 Å². The van der Waals surface area contributed by atoms with E-state index in [0.29, 0.717) is 6.42 Å². The van der Waals surface area contributed by atoms with Gasteiger partial charge in [-0.05, 0) is 26.0 Å². The SMILES string of the molecule is CC(C)(N)CC(=O)N1CCN(c2ccccc2)CC1.Cl.Cl. The quantitative estimate of drug-likeness (QED) is 0.923. The molecule has 6 heteroatoms. The zero-order valence-corrected chi connectivity index (χ0v) is 14.3. The largest absolute Gasteiger partial charge is 0.368 e. The summed E-state index contributed by atoms with van der Waals surface area (Å²) in [5.74, 6) is 0.167. The molecule has 120 valence electrons. The average Bonchev–Trinajstić information content (AvgIpc) is 2.38. The molecule has 1 aromatic carbocycles. The molecule has 1 aromatic rings. The number of nitrogens with zero attached hydrogens (tertiary/aromatic N) is 2. The molecule has 0 aromatic heterocycles. The first-order valence-electron chi connectivity index (χ1n) is 6.82. The fraction of sp³-hybridized carbons (Fsp3) is 0.533. The molecule has 21 heavy (non-hydrogen) atoms. The van der Waals surface area contributed by atoms with Crippen molar-refractivity contribution in [3.05, 3.63) is 30.3 Å². The number of anilines is 1. The van der Waals surface area contributed by atoms with E-state index < -0.39 is 5.54 Å². The highest BCUT2D eigenvalue weighted by Gasteiger charge is 2.24. The number of carbonyl (C=O) groups excluding carboxylic acids is 1. The van der Waals surface area contributed by atoms with E-state index in [2.05, 4.69) is 17.0 Å². The first kappa shape index (κ1) is 20.0. The van der Waals surface area contributed by atoms with Gasteiger partial charge in [0, 0.05) is 43.8 Å². The number of nitrogens with two attached hydrogens (primary N) is 1. The summed E-state index contributed by atoms with van der Waals surface area (Å²) in [4.78, 5) is 16.3. The third-order valence-electron chi connectivity index (χ3n) is 3.36. The lowest BCUT2D eigenvalue weighted by Crippen LogP contribution is -2.50. The molecular weight excluding hydrogens is 309 g/mol. The fourth-order valence-electron chi connectivity index (χ4n) is 2.35. The number of rotatable bonds is 3. The van der Waals surface area contributed by atoms with Crippen LogP contribution in [-0.4, -0.2) is 42.5 Å². The molecule has 0 unspecified atom stereocenters. The molecule has 2 N–H and O–H groups in total. The Morgan fingerprint density at radius 3 is 2.10 bits per heavy atom. The Labute approximate surface area is 139 Å². The minimum absolute atomic E-state index is 0. The van der Waals surface area contributed by atoms with Crippen molar-refractivity contribution in [2.75, 3.05) is 31.1 Å². The van der Waals surface area contributed by atoms with Gasteiger partial charge in [0.1, 0.15) is 0 Å². The van der Waals surface area contributed by atoms with Crippen molar-refractivity contribution >= 4 is 36.4 Å². The molecule has 2 rings (SSSR count). The summed E-state index contributed by atoms with van der Waals surface area (Å²) < 4.78 is 0. The molecule has 1 aliphatic rings. The number of piperazine rings is 1. The van der Waals surface area contributed by atoms with E-state index in [0.717, 1.165) is 26.2 Å². The minimum Gasteiger partial charge on any atom is -0.368 e. The maximum Gasteiger partial charge on any atom is 0.224 e. The fourth-order valence-corrected chi connectivity index (χ4v) is 2.35. The van der Waals surface area contributed by atoms with E-state index >= 15 is 0 Å². The first-order valence-corrected chi connectivity index (χ1v) is 6.82. The van der Waals surface area contributed by atoms with Crippen LogP contribution >= 0.6 is 24.8 Å². The van der Waals surface area contributed by atoms with Gasteiger partial charge in [0.2, 0.25) is 5.91 Å². The third kappa shape index (κ3) is 6.12. The van der Waals surface area contributed by atoms with E-state index in [-0.39, 0.29) is 30.7 Å². The summed E-state index contributed by atoms with van der Waals surface area (Å²) in [7, 11) is 0. The molecule has 0 radical (unpaired) electrons. The molecular formula is C15H25Cl2N3O. The summed E-state index contributed by atoms with van der Waals surface area (Å²) >= 11 is 0. The van der Waals surface area contributed by atoms with Crippen molar-refractivity contribution < 1.29 is 4.79 Å². The van der Waals surface area contributed by atoms with Gasteiger partial charge in [0.05, 0.1) is 0 Å². The predicted molar refractivity (Wildman–Crippen MR) is 92.6 cm³/mol. The maximum absolute atomic E-state index is 12.1. The maximum atomic E-state index is 12.1. The minimum atomic E-state index is -0.423. The zero-order valence-electron chi connectivity index (χ0n) is 12.6. The molecule has 1 aliphatic heterocycles. The number of hydrogen-bond donors (Lipinski definition) is 1. The van der Waals surface area contributed by atoms with Crippen LogP contribution < -0.4 is 10.6 Å². The molecule has 1 fully saturated rings. The van der Waals surface area contributed by atoms with E-state index in [1.807, 2.05) is 36.9 Å². The Hall–Kier alpha value is -0.970. The molecule has 4 nitrogen and oxygen atoms in total. The standard InChI is InChI=1S/C15H23N3O.2ClH/c1-15(2,16)12-14(19)18-10-8-17(9-11-18)13-6-4-3-5-7-13;;/h3-7H,8-12,16H2,1-2H3;2*1H. The van der Waals surface area contributed by atoms with Crippen LogP contribution in [0.2, 0.25) is 0 Å². The highest BCUT2D eigenvalue weighted by molar-refractivity contribution is 5.85. The van der Waals surface area contributed by atoms with Crippen molar-refractivity contribution in [1.82, 2.24) is 4.90 Å². The summed E-state index contributed by atoms with van der Waals surface area (Å²) in [6, 6.07) is 10.3. The van der Waals surface area contributed by atoms with Gasteiger partial charge in [0.15, 0.2) is 0 Å². The van der Waals surface area contributed by atoms with Crippen molar-refractivity contribution in [2.24, 2.45) is 5.73 Å². The summed E-state index contributed by atoms with van der Waals surface area (Å²) in [5, 5.41) is 0. The lowest BCUT2D eigenvalue weighted by Gasteiger charge is -2.37. The monoisotopic (exact) mass is 333 g/mol. The summed E-state index contributed by atoms with van der Waals surface area (Å²) in [5.41, 5.74) is 6.71. The van der Waals surface area contributed by atoms with Crippen LogP contribution in [0.25, 0.3) is 0 Å². The smallest absolute Gasteiger partial charge is 0.224 e. The van der Waals surface area contributed by atoms with Crippen LogP contribution in [0.1, 0.15) is 20.3 Å². The molecule has 0 spiro atoms. The van der Waals surface area contributed by atoms with Crippen LogP contribution in [0.15, 0.2) is 30.3 Å². The Bertz CT molecular complexity index is 426. The Kier molecular flexibility index (Phi) is 8.08. The first-order chi connectivity index (χ1) is 8.96. The number of para-hydroxylation sites is 1. The van der Waals surface area contributed by atoms with E-state index in [9.17, 15) is 4.79 Å². The van der Waals surface area contributed by atoms with Gasteiger partial charge in [-0.2, -0.15) is 0 Å². The van der Waals surface area contributed by atoms with Crippen molar-refractivity contribution in [3.63, 3.8) is 0 Å². The molecule has 0 atom stereocenters. The number of amides is 1. The lowest BCUT2D eigenvalue weighted by atomic mass is 10.0. The summed E-state index contributed by atoms with van der Waals surface area (Å²) in [6.07, 6.45) is 0.415. The van der Waals surface area contributed by atoms with Gasteiger partial charge in [-0.15, -0.1) is 24.8 Å². The molecule has 0 saturated carbocycles. The molecule has 1 amide bonds. The topological polar surface area (TPSA) is 49.6 Å². The lowest BCUT2D eigenvalue weighted by molar-refractivity contribution is -0.132. The van der Waals surface area contributed by atoms with Crippen LogP contribution in [0.5, 0.6) is 0 Å². The Balaban J connectivity index is 0.00000200. The van der Waals surface area contributed by atoms with Crippen molar-refractivity contribution in [1.29, 1.82) is 0 Å². The number of benzene rings is 1. The van der Waals surface area contributed by atoms with E-state index in [1.54, 1.807) is 0 Å². The number of halogens is 2. The number of hydrogen-bond acceptors (Lipinski definition) is 3. The Morgan fingerprint density at radius 1 is 1.10 bits per heavy atom. The van der Waals surface area contributed by atoms with E-state index in [4.69, 9.17) is 5.73 Å². The van der Waals surface area contributed by atoms with Crippen molar-refractivity contribution in [2.45, 2.75) is 25.8 Å². The molecule has 1 saturated heterocycles. The van der Waals surface area contributed by atoms with Gasteiger partial charge < -0.3 is 15.5 Å². The highest BCUT2D eigenvalue weighted by atomic mass is 35.5. The van der Waals surface area contributed by atoms with Gasteiger partial charge in [-0.3, -0.25) is 4.79 Å². The average molecular weight is 334 g/mol. The zero-order chi connectivity index (χ0) is 13.9. The van der Waals surface area contributed by atoms with Gasteiger partial charge in [-0.1, -0.05) is 18.2 Å². The molecule has 0 bridgehead atoms. The predicted octanol–water partition coefficient (Wildman–Crippen LogP) is 2.31. The van der Waals surface area contributed by atoms with Gasteiger partial charge >= 0.3 is 0 Å². The van der Waals surface area contributed by atoms with E-state index in [1.165, 1.54) is 5.69 Å². The van der Waals surface area contributed by atoms with Gasteiger partial charge in [0.25, 0.3) is 0 Å². The number of carbonyl (C=O) groups is 1. The third-order valence-corrected chi connectivity index (χ3v) is 3.36. The highest BCUT2D eigenvalue weighted by Crippen LogP contribution is 2.16. The van der Waals surface area contributed by atoms with Crippen LogP contribution in [-0.2, 0) is 4.79 Å². The summed E-state index contributed by atoms with van der Waals surface area (Å²) in [6.45, 7) is 7.13.